The topological polar surface area (TPSA) is 59.4 Å². The first kappa shape index (κ1) is 40.4. The number of alkyl halides is 3. The van der Waals surface area contributed by atoms with Gasteiger partial charge in [-0.2, -0.15) is 18.4 Å². The molecule has 0 spiro atoms. The molecule has 8 heteroatoms. The number of para-hydroxylation sites is 2. The number of benzene rings is 8. The van der Waals surface area contributed by atoms with Gasteiger partial charge in [0.1, 0.15) is 0 Å². The summed E-state index contributed by atoms with van der Waals surface area (Å²) in [5.74, 6) is 0. The minimum absolute atomic E-state index is 0.0818. The first-order valence-corrected chi connectivity index (χ1v) is 22.2. The van der Waals surface area contributed by atoms with Crippen molar-refractivity contribution in [3.05, 3.63) is 230 Å². The van der Waals surface area contributed by atoms with E-state index in [-0.39, 0.29) is 16.7 Å². The van der Waals surface area contributed by atoms with Crippen molar-refractivity contribution in [1.82, 2.24) is 19.1 Å². The molecule has 0 aliphatic rings. The van der Waals surface area contributed by atoms with Gasteiger partial charge in [0.25, 0.3) is 0 Å². The minimum Gasteiger partial charge on any atom is -0.307 e. The van der Waals surface area contributed by atoms with E-state index in [1.807, 2.05) is 133 Å². The van der Waals surface area contributed by atoms with Gasteiger partial charge < -0.3 is 9.13 Å². The maximum atomic E-state index is 15.0. The fourth-order valence-electron chi connectivity index (χ4n) is 9.72. The quantitative estimate of drug-likeness (QED) is 0.160. The van der Waals surface area contributed by atoms with E-state index in [9.17, 15) is 18.4 Å². The molecular formula is C60H36F3N5. The van der Waals surface area contributed by atoms with Gasteiger partial charge in [0, 0.05) is 49.4 Å². The number of hydrogen-bond donors (Lipinski definition) is 0. The zero-order chi connectivity index (χ0) is 45.9. The summed E-state index contributed by atoms with van der Waals surface area (Å²) < 4.78 is 49.1. The Morgan fingerprint density at radius 2 is 0.794 bits per heavy atom. The Morgan fingerprint density at radius 3 is 1.29 bits per heavy atom. The Morgan fingerprint density at radius 1 is 0.368 bits per heavy atom. The van der Waals surface area contributed by atoms with Crippen LogP contribution in [-0.2, 0) is 6.18 Å². The molecule has 68 heavy (non-hydrogen) atoms. The molecule has 12 aromatic rings. The molecule has 0 saturated carbocycles. The van der Waals surface area contributed by atoms with Crippen molar-refractivity contribution in [3.8, 4) is 73.6 Å². The first-order valence-electron chi connectivity index (χ1n) is 22.2. The largest absolute Gasteiger partial charge is 0.417 e. The van der Waals surface area contributed by atoms with Gasteiger partial charge in [-0.3, -0.25) is 0 Å². The lowest BCUT2D eigenvalue weighted by molar-refractivity contribution is -0.137. The molecule has 0 aliphatic heterocycles. The molecule has 8 aromatic carbocycles. The van der Waals surface area contributed by atoms with E-state index in [1.165, 1.54) is 12.1 Å². The number of nitriles is 1. The fraction of sp³-hybridized carbons (Fsp3) is 0.0167. The van der Waals surface area contributed by atoms with Crippen molar-refractivity contribution >= 4 is 43.6 Å². The second-order valence-electron chi connectivity index (χ2n) is 16.8. The van der Waals surface area contributed by atoms with Crippen LogP contribution in [0.15, 0.2) is 218 Å². The van der Waals surface area contributed by atoms with Crippen LogP contribution in [0.4, 0.5) is 13.2 Å². The highest BCUT2D eigenvalue weighted by Gasteiger charge is 2.34. The number of aromatic nitrogens is 4. The van der Waals surface area contributed by atoms with Crippen LogP contribution >= 0.6 is 0 Å². The van der Waals surface area contributed by atoms with Crippen molar-refractivity contribution in [2.45, 2.75) is 6.18 Å². The minimum atomic E-state index is -4.68. The van der Waals surface area contributed by atoms with Gasteiger partial charge in [0.15, 0.2) is 0 Å². The molecule has 0 fully saturated rings. The van der Waals surface area contributed by atoms with Gasteiger partial charge in [-0.25, -0.2) is 9.97 Å². The Balaban J connectivity index is 1.17. The summed E-state index contributed by atoms with van der Waals surface area (Å²) >= 11 is 0. The Hall–Kier alpha value is -9.06. The molecule has 0 bridgehead atoms. The maximum Gasteiger partial charge on any atom is 0.417 e. The molecule has 4 heterocycles. The smallest absolute Gasteiger partial charge is 0.307 e. The second-order valence-corrected chi connectivity index (χ2v) is 16.8. The number of rotatable bonds is 7. The fourth-order valence-corrected chi connectivity index (χ4v) is 9.72. The number of fused-ring (bicyclic) bond motifs is 6. The highest BCUT2D eigenvalue weighted by Crippen LogP contribution is 2.45. The highest BCUT2D eigenvalue weighted by atomic mass is 19.4. The van der Waals surface area contributed by atoms with Crippen LogP contribution in [0.25, 0.3) is 111 Å². The number of pyridine rings is 2. The van der Waals surface area contributed by atoms with Gasteiger partial charge in [0.2, 0.25) is 0 Å². The standard InChI is InChI=1S/C60H36F3N5/c61-60(62,63)49-22-10-7-19-43(49)48-36-59(68-55-28-12-9-21-45(55)47-32-30-41(34-57(47)68)53-26-14-24-51(66-53)39-17-5-2-6-18-39)58(35-42(48)37-64)67-54-27-11-8-20-44(54)46-31-29-40(33-56(46)67)52-25-13-23-50(65-52)38-15-3-1-4-16-38/h1-36H. The summed E-state index contributed by atoms with van der Waals surface area (Å²) in [6, 6.07) is 72.0. The monoisotopic (exact) mass is 883 g/mol. The molecule has 0 unspecified atom stereocenters. The summed E-state index contributed by atoms with van der Waals surface area (Å²) in [5, 5.41) is 14.9. The van der Waals surface area contributed by atoms with E-state index in [2.05, 4.69) is 63.7 Å². The van der Waals surface area contributed by atoms with Gasteiger partial charge in [-0.1, -0.05) is 152 Å². The molecule has 0 radical (unpaired) electrons. The third-order valence-electron chi connectivity index (χ3n) is 12.8. The van der Waals surface area contributed by atoms with E-state index in [0.29, 0.717) is 11.4 Å². The number of nitrogens with zero attached hydrogens (tertiary/aromatic N) is 5. The highest BCUT2D eigenvalue weighted by molar-refractivity contribution is 6.13. The van der Waals surface area contributed by atoms with E-state index in [1.54, 1.807) is 18.2 Å². The average Bonchev–Trinajstić information content (AvgIpc) is 3.90. The zero-order valence-electron chi connectivity index (χ0n) is 36.2. The second kappa shape index (κ2) is 16.1. The molecule has 0 atom stereocenters. The lowest BCUT2D eigenvalue weighted by Crippen LogP contribution is -2.09. The Kier molecular flexibility index (Phi) is 9.59. The van der Waals surface area contributed by atoms with Crippen molar-refractivity contribution in [2.75, 3.05) is 0 Å². The zero-order valence-corrected chi connectivity index (χ0v) is 36.2. The third kappa shape index (κ3) is 6.79. The van der Waals surface area contributed by atoms with Crippen LogP contribution in [0, 0.1) is 11.3 Å². The number of halogens is 3. The lowest BCUT2D eigenvalue weighted by Gasteiger charge is -2.21. The predicted molar refractivity (Wildman–Crippen MR) is 268 cm³/mol. The number of hydrogen-bond acceptors (Lipinski definition) is 3. The lowest BCUT2D eigenvalue weighted by atomic mass is 9.94. The van der Waals surface area contributed by atoms with Gasteiger partial charge in [0.05, 0.1) is 73.4 Å². The van der Waals surface area contributed by atoms with Gasteiger partial charge >= 0.3 is 6.18 Å². The van der Waals surface area contributed by atoms with Crippen LogP contribution in [-0.4, -0.2) is 19.1 Å². The van der Waals surface area contributed by atoms with Crippen LogP contribution < -0.4 is 0 Å². The summed E-state index contributed by atoms with van der Waals surface area (Å²) in [7, 11) is 0. The summed E-state index contributed by atoms with van der Waals surface area (Å²) in [5.41, 5.74) is 10.9. The van der Waals surface area contributed by atoms with E-state index >= 15 is 0 Å². The van der Waals surface area contributed by atoms with Crippen LogP contribution in [0.2, 0.25) is 0 Å². The molecule has 12 rings (SSSR count). The van der Waals surface area contributed by atoms with Crippen LogP contribution in [0.3, 0.4) is 0 Å². The summed E-state index contributed by atoms with van der Waals surface area (Å²) in [4.78, 5) is 10.2. The van der Waals surface area contributed by atoms with Crippen molar-refractivity contribution < 1.29 is 13.2 Å². The van der Waals surface area contributed by atoms with Gasteiger partial charge in [-0.15, -0.1) is 0 Å². The maximum absolute atomic E-state index is 15.0. The third-order valence-corrected chi connectivity index (χ3v) is 12.8. The van der Waals surface area contributed by atoms with E-state index < -0.39 is 11.7 Å². The Labute approximate surface area is 388 Å². The molecule has 0 N–H and O–H groups in total. The summed E-state index contributed by atoms with van der Waals surface area (Å²) in [6.45, 7) is 0. The molecule has 0 saturated heterocycles. The predicted octanol–water partition coefficient (Wildman–Crippen LogP) is 15.9. The van der Waals surface area contributed by atoms with Crippen molar-refractivity contribution in [2.24, 2.45) is 0 Å². The van der Waals surface area contributed by atoms with Crippen LogP contribution in [0.1, 0.15) is 11.1 Å². The molecule has 322 valence electrons. The normalized spacial score (nSPS) is 11.7. The van der Waals surface area contributed by atoms with E-state index in [4.69, 9.17) is 9.97 Å². The molecular weight excluding hydrogens is 848 g/mol. The van der Waals surface area contributed by atoms with Crippen LogP contribution in [0.5, 0.6) is 0 Å². The van der Waals surface area contributed by atoms with Crippen molar-refractivity contribution in [1.29, 1.82) is 5.26 Å². The summed E-state index contributed by atoms with van der Waals surface area (Å²) in [6.07, 6.45) is -4.68. The SMILES string of the molecule is N#Cc1cc(-n2c3ccccc3c3ccc(-c4cccc(-c5ccccc5)n4)cc32)c(-n2c3ccccc3c3ccc(-c4cccc(-c5ccccc5)n4)cc32)cc1-c1ccccc1C(F)(F)F. The molecule has 5 nitrogen and oxygen atoms in total. The first-order chi connectivity index (χ1) is 33.3. The average molecular weight is 884 g/mol. The molecule has 4 aromatic heterocycles. The van der Waals surface area contributed by atoms with Crippen molar-refractivity contribution in [3.63, 3.8) is 0 Å². The van der Waals surface area contributed by atoms with E-state index in [0.717, 1.165) is 94.7 Å². The van der Waals surface area contributed by atoms with Gasteiger partial charge in [-0.05, 0) is 72.3 Å². The molecule has 0 amide bonds. The molecule has 0 aliphatic carbocycles. The Bertz CT molecular complexity index is 3970.